The number of nitrogens with one attached hydrogen (secondary N) is 1. The average molecular weight is 255 g/mol. The summed E-state index contributed by atoms with van der Waals surface area (Å²) in [6, 6.07) is 6.82. The third kappa shape index (κ3) is 3.28. The van der Waals surface area contributed by atoms with Crippen LogP contribution in [0.1, 0.15) is 18.4 Å². The fourth-order valence-electron chi connectivity index (χ4n) is 1.81. The Balaban J connectivity index is 2.00. The van der Waals surface area contributed by atoms with Crippen molar-refractivity contribution in [3.63, 3.8) is 0 Å². The highest BCUT2D eigenvalue weighted by atomic mass is 32.2. The third-order valence-electron chi connectivity index (χ3n) is 2.86. The quantitative estimate of drug-likeness (QED) is 0.886. The van der Waals surface area contributed by atoms with Crippen LogP contribution >= 0.6 is 0 Å². The molecule has 1 atom stereocenters. The normalized spacial score (nSPS) is 20.6. The lowest BCUT2D eigenvalue weighted by Gasteiger charge is -2.11. The fourth-order valence-corrected chi connectivity index (χ4v) is 2.88. The molecule has 1 N–H and O–H groups in total. The first kappa shape index (κ1) is 12.5. The van der Waals surface area contributed by atoms with E-state index in [0.29, 0.717) is 11.4 Å². The van der Waals surface area contributed by atoms with Crippen LogP contribution in [0.2, 0.25) is 0 Å². The Morgan fingerprint density at radius 3 is 2.65 bits per heavy atom. The molecule has 0 aromatic heterocycles. The summed E-state index contributed by atoms with van der Waals surface area (Å²) in [6.07, 6.45) is 1.96. The van der Waals surface area contributed by atoms with Gasteiger partial charge in [0.15, 0.2) is 0 Å². The number of sulfonamides is 1. The van der Waals surface area contributed by atoms with Crippen LogP contribution in [0.15, 0.2) is 29.2 Å². The molecule has 0 amide bonds. The molecule has 0 spiro atoms. The predicted molar refractivity (Wildman–Crippen MR) is 65.3 cm³/mol. The molecule has 0 saturated carbocycles. The summed E-state index contributed by atoms with van der Waals surface area (Å²) in [5.41, 5.74) is 1.04. The van der Waals surface area contributed by atoms with Gasteiger partial charge in [-0.15, -0.1) is 0 Å². The van der Waals surface area contributed by atoms with Crippen LogP contribution < -0.4 is 4.72 Å². The molecule has 2 rings (SSSR count). The predicted octanol–water partition coefficient (Wildman–Crippen LogP) is 1.45. The summed E-state index contributed by atoms with van der Waals surface area (Å²) < 4.78 is 31.8. The van der Waals surface area contributed by atoms with Gasteiger partial charge < -0.3 is 4.74 Å². The largest absolute Gasteiger partial charge is 0.377 e. The van der Waals surface area contributed by atoms with Gasteiger partial charge in [-0.3, -0.25) is 0 Å². The average Bonchev–Trinajstić information content (AvgIpc) is 2.80. The van der Waals surface area contributed by atoms with Gasteiger partial charge in [0, 0.05) is 13.2 Å². The van der Waals surface area contributed by atoms with Crippen LogP contribution in [0, 0.1) is 6.92 Å². The van der Waals surface area contributed by atoms with Gasteiger partial charge in [0.25, 0.3) is 0 Å². The van der Waals surface area contributed by atoms with E-state index in [1.165, 1.54) is 0 Å². The van der Waals surface area contributed by atoms with E-state index in [1.807, 2.05) is 6.92 Å². The number of rotatable bonds is 4. The molecule has 17 heavy (non-hydrogen) atoms. The van der Waals surface area contributed by atoms with Crippen LogP contribution in [0.25, 0.3) is 0 Å². The lowest BCUT2D eigenvalue weighted by molar-refractivity contribution is 0.114. The molecule has 1 aliphatic heterocycles. The lowest BCUT2D eigenvalue weighted by Crippen LogP contribution is -2.31. The first-order chi connectivity index (χ1) is 8.08. The molecule has 0 bridgehead atoms. The number of hydrogen-bond acceptors (Lipinski definition) is 3. The van der Waals surface area contributed by atoms with Crippen LogP contribution in [0.3, 0.4) is 0 Å². The van der Waals surface area contributed by atoms with Crippen molar-refractivity contribution in [2.45, 2.75) is 30.8 Å². The van der Waals surface area contributed by atoms with Gasteiger partial charge >= 0.3 is 0 Å². The zero-order chi connectivity index (χ0) is 12.3. The topological polar surface area (TPSA) is 55.4 Å². The van der Waals surface area contributed by atoms with Crippen molar-refractivity contribution in [3.05, 3.63) is 29.8 Å². The Kier molecular flexibility index (Phi) is 3.81. The molecule has 1 aromatic rings. The highest BCUT2D eigenvalue weighted by Gasteiger charge is 2.19. The summed E-state index contributed by atoms with van der Waals surface area (Å²) in [6.45, 7) is 3.02. The molecule has 1 saturated heterocycles. The summed E-state index contributed by atoms with van der Waals surface area (Å²) >= 11 is 0. The van der Waals surface area contributed by atoms with E-state index in [1.54, 1.807) is 24.3 Å². The second-order valence-corrected chi connectivity index (χ2v) is 6.07. The zero-order valence-electron chi connectivity index (χ0n) is 9.85. The molecule has 1 aliphatic rings. The van der Waals surface area contributed by atoms with Crippen molar-refractivity contribution in [1.82, 2.24) is 4.72 Å². The standard InChI is InChI=1S/C12H17NO3S/c1-10-4-6-12(7-5-10)17(14,15)13-9-11-3-2-8-16-11/h4-7,11,13H,2-3,8-9H2,1H3/t11-/m0/s1. The summed E-state index contributed by atoms with van der Waals surface area (Å²) in [4.78, 5) is 0.307. The zero-order valence-corrected chi connectivity index (χ0v) is 10.7. The minimum atomic E-state index is -3.39. The SMILES string of the molecule is Cc1ccc(S(=O)(=O)NC[C@@H]2CCCO2)cc1. The summed E-state index contributed by atoms with van der Waals surface area (Å²) in [7, 11) is -3.39. The maximum atomic E-state index is 11.9. The Morgan fingerprint density at radius 1 is 1.35 bits per heavy atom. The summed E-state index contributed by atoms with van der Waals surface area (Å²) in [5.74, 6) is 0. The number of benzene rings is 1. The monoisotopic (exact) mass is 255 g/mol. The minimum absolute atomic E-state index is 0.0234. The number of ether oxygens (including phenoxy) is 1. The second-order valence-electron chi connectivity index (χ2n) is 4.30. The van der Waals surface area contributed by atoms with Crippen LogP contribution in [0.5, 0.6) is 0 Å². The third-order valence-corrected chi connectivity index (χ3v) is 4.30. The molecule has 5 heteroatoms. The van der Waals surface area contributed by atoms with Crippen molar-refractivity contribution >= 4 is 10.0 Å². The maximum Gasteiger partial charge on any atom is 0.240 e. The minimum Gasteiger partial charge on any atom is -0.377 e. The van der Waals surface area contributed by atoms with Crippen molar-refractivity contribution < 1.29 is 13.2 Å². The van der Waals surface area contributed by atoms with E-state index in [4.69, 9.17) is 4.74 Å². The van der Waals surface area contributed by atoms with Crippen molar-refractivity contribution in [2.24, 2.45) is 0 Å². The van der Waals surface area contributed by atoms with Crippen LogP contribution in [0.4, 0.5) is 0 Å². The fraction of sp³-hybridized carbons (Fsp3) is 0.500. The van der Waals surface area contributed by atoms with Crippen molar-refractivity contribution in [2.75, 3.05) is 13.2 Å². The van der Waals surface area contributed by atoms with Gasteiger partial charge in [0.2, 0.25) is 10.0 Å². The van der Waals surface area contributed by atoms with E-state index in [0.717, 1.165) is 25.0 Å². The first-order valence-corrected chi connectivity index (χ1v) is 7.24. The van der Waals surface area contributed by atoms with E-state index in [2.05, 4.69) is 4.72 Å². The first-order valence-electron chi connectivity index (χ1n) is 5.76. The van der Waals surface area contributed by atoms with Crippen LogP contribution in [-0.2, 0) is 14.8 Å². The Hall–Kier alpha value is -0.910. The maximum absolute atomic E-state index is 11.9. The molecule has 0 aliphatic carbocycles. The molecular formula is C12H17NO3S. The van der Waals surface area contributed by atoms with E-state index in [9.17, 15) is 8.42 Å². The smallest absolute Gasteiger partial charge is 0.240 e. The number of aryl methyl sites for hydroxylation is 1. The molecule has 0 radical (unpaired) electrons. The highest BCUT2D eigenvalue weighted by Crippen LogP contribution is 2.13. The second kappa shape index (κ2) is 5.16. The van der Waals surface area contributed by atoms with Gasteiger partial charge in [-0.05, 0) is 31.9 Å². The summed E-state index contributed by atoms with van der Waals surface area (Å²) in [5, 5.41) is 0. The van der Waals surface area contributed by atoms with E-state index >= 15 is 0 Å². The molecule has 4 nitrogen and oxygen atoms in total. The molecule has 1 aromatic carbocycles. The van der Waals surface area contributed by atoms with Crippen molar-refractivity contribution in [1.29, 1.82) is 0 Å². The Labute approximate surface area is 102 Å². The van der Waals surface area contributed by atoms with Gasteiger partial charge in [-0.25, -0.2) is 13.1 Å². The molecule has 0 unspecified atom stereocenters. The highest BCUT2D eigenvalue weighted by molar-refractivity contribution is 7.89. The lowest BCUT2D eigenvalue weighted by atomic mass is 10.2. The van der Waals surface area contributed by atoms with Gasteiger partial charge in [0.05, 0.1) is 11.0 Å². The molecule has 94 valence electrons. The van der Waals surface area contributed by atoms with Crippen LogP contribution in [-0.4, -0.2) is 27.7 Å². The van der Waals surface area contributed by atoms with E-state index < -0.39 is 10.0 Å². The van der Waals surface area contributed by atoms with Gasteiger partial charge in [-0.1, -0.05) is 17.7 Å². The molecular weight excluding hydrogens is 238 g/mol. The molecule has 1 fully saturated rings. The number of hydrogen-bond donors (Lipinski definition) is 1. The van der Waals surface area contributed by atoms with Gasteiger partial charge in [-0.2, -0.15) is 0 Å². The van der Waals surface area contributed by atoms with Crippen molar-refractivity contribution in [3.8, 4) is 0 Å². The Bertz CT molecular complexity index is 461. The molecule has 1 heterocycles. The van der Waals surface area contributed by atoms with Gasteiger partial charge in [0.1, 0.15) is 0 Å². The Morgan fingerprint density at radius 2 is 2.06 bits per heavy atom. The van der Waals surface area contributed by atoms with E-state index in [-0.39, 0.29) is 6.10 Å².